The molecule has 3 N–H and O–H groups in total. The fourth-order valence-corrected chi connectivity index (χ4v) is 1.67. The van der Waals surface area contributed by atoms with Crippen molar-refractivity contribution in [1.82, 2.24) is 9.55 Å². The topological polar surface area (TPSA) is 80.9 Å². The van der Waals surface area contributed by atoms with Crippen LogP contribution in [0.1, 0.15) is 10.4 Å². The number of nitrogens with zero attached hydrogens (tertiary/aromatic N) is 1. The molecule has 0 aliphatic carbocycles. The quantitative estimate of drug-likeness (QED) is 0.777. The van der Waals surface area contributed by atoms with Gasteiger partial charge >= 0.3 is 0 Å². The molecule has 1 amide bonds. The van der Waals surface area contributed by atoms with Crippen molar-refractivity contribution >= 4 is 18.1 Å². The summed E-state index contributed by atoms with van der Waals surface area (Å²) in [6.07, 6.45) is 1.57. The zero-order valence-corrected chi connectivity index (χ0v) is 9.53. The molecular formula is C11H9N3O2S. The van der Waals surface area contributed by atoms with Crippen molar-refractivity contribution in [3.63, 3.8) is 0 Å². The minimum absolute atomic E-state index is 0.250. The molecule has 86 valence electrons. The number of carbonyl (C=O) groups is 1. The maximum Gasteiger partial charge on any atom is 0.251 e. The smallest absolute Gasteiger partial charge is 0.251 e. The van der Waals surface area contributed by atoms with Crippen molar-refractivity contribution in [3.8, 4) is 5.69 Å². The first kappa shape index (κ1) is 11.3. The highest BCUT2D eigenvalue weighted by molar-refractivity contribution is 7.71. The highest BCUT2D eigenvalue weighted by atomic mass is 32.1. The number of carbonyl (C=O) groups excluding carboxylic acids is 1. The van der Waals surface area contributed by atoms with Crippen molar-refractivity contribution in [2.24, 2.45) is 5.73 Å². The fraction of sp³-hybridized carbons (Fsp3) is 0. The van der Waals surface area contributed by atoms with Crippen molar-refractivity contribution in [1.29, 1.82) is 0 Å². The lowest BCUT2D eigenvalue weighted by atomic mass is 10.2. The summed E-state index contributed by atoms with van der Waals surface area (Å²) in [5.41, 5.74) is 6.06. The maximum atomic E-state index is 11.0. The van der Waals surface area contributed by atoms with Gasteiger partial charge in [-0.1, -0.05) is 0 Å². The highest BCUT2D eigenvalue weighted by Crippen LogP contribution is 2.08. The van der Waals surface area contributed by atoms with Gasteiger partial charge in [0.2, 0.25) is 5.91 Å². The van der Waals surface area contributed by atoms with Crippen molar-refractivity contribution < 1.29 is 4.79 Å². The van der Waals surface area contributed by atoms with Crippen LogP contribution in [-0.2, 0) is 0 Å². The average Bonchev–Trinajstić information content (AvgIpc) is 2.29. The van der Waals surface area contributed by atoms with Crippen LogP contribution in [0, 0.1) is 4.77 Å². The number of nitrogens with two attached hydrogens (primary N) is 1. The van der Waals surface area contributed by atoms with Gasteiger partial charge in [0.1, 0.15) is 0 Å². The van der Waals surface area contributed by atoms with E-state index in [9.17, 15) is 9.59 Å². The minimum Gasteiger partial charge on any atom is -0.366 e. The molecule has 2 rings (SSSR count). The highest BCUT2D eigenvalue weighted by Gasteiger charge is 2.01. The molecule has 0 radical (unpaired) electrons. The van der Waals surface area contributed by atoms with Crippen LogP contribution in [0.2, 0.25) is 0 Å². The number of hydrogen-bond donors (Lipinski definition) is 2. The van der Waals surface area contributed by atoms with Gasteiger partial charge in [0.15, 0.2) is 4.77 Å². The summed E-state index contributed by atoms with van der Waals surface area (Å²) in [5.74, 6) is -0.485. The maximum absolute atomic E-state index is 11.0. The molecule has 0 aliphatic heterocycles. The molecule has 0 spiro atoms. The summed E-state index contributed by atoms with van der Waals surface area (Å²) >= 11 is 5.02. The van der Waals surface area contributed by atoms with Crippen LogP contribution in [0.5, 0.6) is 0 Å². The molecule has 1 aromatic heterocycles. The van der Waals surface area contributed by atoms with Gasteiger partial charge in [0.25, 0.3) is 5.56 Å². The number of H-pyrrole nitrogens is 1. The van der Waals surface area contributed by atoms with Gasteiger partial charge < -0.3 is 5.73 Å². The summed E-state index contributed by atoms with van der Waals surface area (Å²) in [4.78, 5) is 24.4. The largest absolute Gasteiger partial charge is 0.366 e. The third kappa shape index (κ3) is 2.31. The number of nitrogens with one attached hydrogen (secondary N) is 1. The molecule has 2 aromatic rings. The second-order valence-corrected chi connectivity index (χ2v) is 3.78. The fourth-order valence-electron chi connectivity index (χ4n) is 1.41. The molecule has 17 heavy (non-hydrogen) atoms. The van der Waals surface area contributed by atoms with E-state index in [1.165, 1.54) is 6.07 Å². The van der Waals surface area contributed by atoms with Crippen molar-refractivity contribution in [2.45, 2.75) is 0 Å². The molecule has 0 fully saturated rings. The summed E-state index contributed by atoms with van der Waals surface area (Å²) in [6.45, 7) is 0. The van der Waals surface area contributed by atoms with Gasteiger partial charge in [0.05, 0.1) is 0 Å². The second-order valence-electron chi connectivity index (χ2n) is 3.39. The zero-order chi connectivity index (χ0) is 12.4. The van der Waals surface area contributed by atoms with E-state index in [0.717, 1.165) is 5.69 Å². The Morgan fingerprint density at radius 2 is 1.88 bits per heavy atom. The van der Waals surface area contributed by atoms with Crippen LogP contribution in [0.15, 0.2) is 41.3 Å². The number of aromatic nitrogens is 2. The Bertz CT molecular complexity index is 670. The molecule has 0 aliphatic rings. The van der Waals surface area contributed by atoms with Crippen LogP contribution in [0.3, 0.4) is 0 Å². The molecule has 0 saturated carbocycles. The molecule has 0 atom stereocenters. The van der Waals surface area contributed by atoms with Gasteiger partial charge in [-0.05, 0) is 36.5 Å². The molecule has 1 heterocycles. The van der Waals surface area contributed by atoms with Crippen LogP contribution < -0.4 is 11.3 Å². The second kappa shape index (κ2) is 4.34. The van der Waals surface area contributed by atoms with Gasteiger partial charge in [-0.3, -0.25) is 19.1 Å². The van der Waals surface area contributed by atoms with E-state index in [0.29, 0.717) is 10.3 Å². The van der Waals surface area contributed by atoms with Crippen LogP contribution in [0.25, 0.3) is 5.69 Å². The summed E-state index contributed by atoms with van der Waals surface area (Å²) in [5, 5.41) is 0. The Morgan fingerprint density at radius 3 is 2.41 bits per heavy atom. The Labute approximate surface area is 102 Å². The Kier molecular flexibility index (Phi) is 2.88. The first-order valence-corrected chi connectivity index (χ1v) is 5.21. The SMILES string of the molecule is NC(=O)c1ccc(-n2ccc(=O)[nH]c2=S)cc1. The minimum atomic E-state index is -0.485. The number of hydrogen-bond acceptors (Lipinski definition) is 3. The van der Waals surface area contributed by atoms with Gasteiger partial charge in [-0.2, -0.15) is 0 Å². The van der Waals surface area contributed by atoms with Crippen LogP contribution >= 0.6 is 12.2 Å². The number of aromatic amines is 1. The van der Waals surface area contributed by atoms with E-state index >= 15 is 0 Å². The van der Waals surface area contributed by atoms with Gasteiger partial charge in [0, 0.05) is 23.5 Å². The number of primary amides is 1. The Balaban J connectivity index is 2.50. The number of amides is 1. The van der Waals surface area contributed by atoms with Crippen LogP contribution in [-0.4, -0.2) is 15.5 Å². The molecule has 5 nitrogen and oxygen atoms in total. The molecule has 0 saturated heterocycles. The normalized spacial score (nSPS) is 10.1. The van der Waals surface area contributed by atoms with Crippen molar-refractivity contribution in [3.05, 3.63) is 57.2 Å². The van der Waals surface area contributed by atoms with E-state index < -0.39 is 5.91 Å². The predicted molar refractivity (Wildman–Crippen MR) is 65.7 cm³/mol. The molecule has 6 heteroatoms. The number of benzene rings is 1. The lowest BCUT2D eigenvalue weighted by molar-refractivity contribution is 0.100. The van der Waals surface area contributed by atoms with E-state index in [-0.39, 0.29) is 5.56 Å². The molecule has 1 aromatic carbocycles. The van der Waals surface area contributed by atoms with E-state index in [2.05, 4.69) is 4.98 Å². The Hall–Kier alpha value is -2.21. The standard InChI is InChI=1S/C11H9N3O2S/c12-10(16)7-1-3-8(4-2-7)14-6-5-9(15)13-11(14)17/h1-6H,(H2,12,16)(H,13,15,17). The monoisotopic (exact) mass is 247 g/mol. The molecule has 0 unspecified atom stereocenters. The third-order valence-corrected chi connectivity index (χ3v) is 2.55. The first-order chi connectivity index (χ1) is 8.08. The lowest BCUT2D eigenvalue weighted by Crippen LogP contribution is -2.12. The van der Waals surface area contributed by atoms with Crippen molar-refractivity contribution in [2.75, 3.05) is 0 Å². The van der Waals surface area contributed by atoms with Gasteiger partial charge in [-0.15, -0.1) is 0 Å². The third-order valence-electron chi connectivity index (χ3n) is 2.25. The Morgan fingerprint density at radius 1 is 1.24 bits per heavy atom. The van der Waals surface area contributed by atoms with Crippen LogP contribution in [0.4, 0.5) is 0 Å². The summed E-state index contributed by atoms with van der Waals surface area (Å²) < 4.78 is 1.92. The first-order valence-electron chi connectivity index (χ1n) is 4.80. The summed E-state index contributed by atoms with van der Waals surface area (Å²) in [6, 6.07) is 7.98. The van der Waals surface area contributed by atoms with Gasteiger partial charge in [-0.25, -0.2) is 0 Å². The van der Waals surface area contributed by atoms with E-state index in [1.54, 1.807) is 35.0 Å². The summed E-state index contributed by atoms with van der Waals surface area (Å²) in [7, 11) is 0. The van der Waals surface area contributed by atoms with E-state index in [4.69, 9.17) is 18.0 Å². The van der Waals surface area contributed by atoms with E-state index in [1.807, 2.05) is 0 Å². The lowest BCUT2D eigenvalue weighted by Gasteiger charge is -2.06. The molecule has 0 bridgehead atoms. The predicted octanol–water partition coefficient (Wildman–Crippen LogP) is 0.994. The average molecular weight is 247 g/mol. The number of rotatable bonds is 2. The molecular weight excluding hydrogens is 238 g/mol. The zero-order valence-electron chi connectivity index (χ0n) is 8.71.